The van der Waals surface area contributed by atoms with Gasteiger partial charge in [0.25, 0.3) is 5.56 Å². The highest BCUT2D eigenvalue weighted by atomic mass is 16.1. The quantitative estimate of drug-likeness (QED) is 0.731. The highest BCUT2D eigenvalue weighted by Crippen LogP contribution is 2.19. The molecule has 1 N–H and O–H groups in total. The van der Waals surface area contributed by atoms with E-state index in [1.165, 1.54) is 18.4 Å². The van der Waals surface area contributed by atoms with Gasteiger partial charge in [0.05, 0.1) is 6.54 Å². The van der Waals surface area contributed by atoms with E-state index in [1.807, 2.05) is 18.3 Å². The van der Waals surface area contributed by atoms with Crippen LogP contribution in [0.15, 0.2) is 65.8 Å². The Kier molecular flexibility index (Phi) is 5.14. The average molecular weight is 361 g/mol. The fourth-order valence-electron chi connectivity index (χ4n) is 3.31. The summed E-state index contributed by atoms with van der Waals surface area (Å²) in [6.07, 6.45) is 5.89. The van der Waals surface area contributed by atoms with Crippen LogP contribution in [0.4, 0.5) is 11.6 Å². The third-order valence-corrected chi connectivity index (χ3v) is 4.83. The molecule has 1 aromatic carbocycles. The first-order valence-electron chi connectivity index (χ1n) is 9.32. The minimum atomic E-state index is 0.0146. The second-order valence-electron chi connectivity index (χ2n) is 6.79. The molecule has 6 heteroatoms. The number of aromatic nitrogens is 3. The summed E-state index contributed by atoms with van der Waals surface area (Å²) in [5, 5.41) is 3.37. The van der Waals surface area contributed by atoms with E-state index < -0.39 is 0 Å². The maximum atomic E-state index is 11.8. The molecule has 1 aliphatic heterocycles. The average Bonchev–Trinajstić information content (AvgIpc) is 3.24. The van der Waals surface area contributed by atoms with Crippen molar-refractivity contribution < 1.29 is 0 Å². The molecule has 0 saturated carbocycles. The SMILES string of the molecule is O=c1ccccn1Cc1ccc(CNc2cc(N3CCCC3)ncn2)cc1. The number of nitrogens with zero attached hydrogens (tertiary/aromatic N) is 4. The molecule has 138 valence electrons. The zero-order valence-electron chi connectivity index (χ0n) is 15.2. The Labute approximate surface area is 158 Å². The summed E-state index contributed by atoms with van der Waals surface area (Å²) in [4.78, 5) is 22.8. The van der Waals surface area contributed by atoms with E-state index in [1.54, 1.807) is 23.0 Å². The van der Waals surface area contributed by atoms with Crippen molar-refractivity contribution in [2.45, 2.75) is 25.9 Å². The molecule has 1 fully saturated rings. The molecular formula is C21H23N5O. The molecule has 0 amide bonds. The summed E-state index contributed by atoms with van der Waals surface area (Å²) in [5.74, 6) is 1.83. The van der Waals surface area contributed by atoms with Gasteiger partial charge in [-0.2, -0.15) is 0 Å². The van der Waals surface area contributed by atoms with Gasteiger partial charge in [0.15, 0.2) is 0 Å². The zero-order valence-corrected chi connectivity index (χ0v) is 15.2. The van der Waals surface area contributed by atoms with Crippen LogP contribution in [0.2, 0.25) is 0 Å². The predicted octanol–water partition coefficient (Wildman–Crippen LogP) is 2.90. The van der Waals surface area contributed by atoms with E-state index in [2.05, 4.69) is 44.5 Å². The summed E-state index contributed by atoms with van der Waals surface area (Å²) < 4.78 is 1.70. The molecule has 6 nitrogen and oxygen atoms in total. The first-order chi connectivity index (χ1) is 13.3. The topological polar surface area (TPSA) is 63.1 Å². The molecule has 1 saturated heterocycles. The van der Waals surface area contributed by atoms with Gasteiger partial charge in [-0.15, -0.1) is 0 Å². The molecule has 1 aliphatic rings. The van der Waals surface area contributed by atoms with Gasteiger partial charge in [-0.1, -0.05) is 30.3 Å². The van der Waals surface area contributed by atoms with Crippen LogP contribution in [0, 0.1) is 0 Å². The maximum Gasteiger partial charge on any atom is 0.250 e. The number of benzene rings is 1. The molecule has 0 radical (unpaired) electrons. The molecule has 0 aliphatic carbocycles. The standard InChI is InChI=1S/C21H23N5O/c27-21-5-1-2-12-26(21)15-18-8-6-17(7-9-18)14-22-19-13-20(24-16-23-19)25-10-3-4-11-25/h1-2,5-9,12-13,16H,3-4,10-11,14-15H2,(H,22,23,24). The molecule has 3 aromatic rings. The first-order valence-corrected chi connectivity index (χ1v) is 9.32. The van der Waals surface area contributed by atoms with Gasteiger partial charge in [-0.3, -0.25) is 4.79 Å². The molecule has 27 heavy (non-hydrogen) atoms. The lowest BCUT2D eigenvalue weighted by atomic mass is 10.1. The lowest BCUT2D eigenvalue weighted by Crippen LogP contribution is -2.19. The van der Waals surface area contributed by atoms with Gasteiger partial charge >= 0.3 is 0 Å². The maximum absolute atomic E-state index is 11.8. The van der Waals surface area contributed by atoms with Crippen molar-refractivity contribution in [2.24, 2.45) is 0 Å². The highest BCUT2D eigenvalue weighted by Gasteiger charge is 2.13. The highest BCUT2D eigenvalue weighted by molar-refractivity contribution is 5.49. The molecule has 2 aromatic heterocycles. The molecule has 3 heterocycles. The Bertz CT molecular complexity index is 945. The summed E-state index contributed by atoms with van der Waals surface area (Å²) in [5.41, 5.74) is 2.28. The van der Waals surface area contributed by atoms with Gasteiger partial charge in [-0.05, 0) is 30.0 Å². The lowest BCUT2D eigenvalue weighted by molar-refractivity contribution is 0.759. The fourth-order valence-corrected chi connectivity index (χ4v) is 3.31. The van der Waals surface area contributed by atoms with Crippen LogP contribution in [0.25, 0.3) is 0 Å². The second kappa shape index (κ2) is 8.03. The number of hydrogen-bond donors (Lipinski definition) is 1. The second-order valence-corrected chi connectivity index (χ2v) is 6.79. The van der Waals surface area contributed by atoms with Crippen LogP contribution < -0.4 is 15.8 Å². The van der Waals surface area contributed by atoms with Gasteiger partial charge in [-0.25, -0.2) is 9.97 Å². The first kappa shape index (κ1) is 17.3. The van der Waals surface area contributed by atoms with Gasteiger partial charge in [0, 0.05) is 38.0 Å². The van der Waals surface area contributed by atoms with Crippen LogP contribution in [0.3, 0.4) is 0 Å². The Morgan fingerprint density at radius 2 is 1.74 bits per heavy atom. The van der Waals surface area contributed by atoms with Crippen molar-refractivity contribution in [3.05, 3.63) is 82.5 Å². The minimum Gasteiger partial charge on any atom is -0.366 e. The molecular weight excluding hydrogens is 338 g/mol. The summed E-state index contributed by atoms with van der Waals surface area (Å²) in [6, 6.07) is 15.5. The van der Waals surface area contributed by atoms with Crippen molar-refractivity contribution in [3.8, 4) is 0 Å². The Morgan fingerprint density at radius 1 is 0.963 bits per heavy atom. The lowest BCUT2D eigenvalue weighted by Gasteiger charge is -2.16. The van der Waals surface area contributed by atoms with E-state index in [0.29, 0.717) is 13.1 Å². The van der Waals surface area contributed by atoms with Crippen LogP contribution in [0.5, 0.6) is 0 Å². The number of nitrogens with one attached hydrogen (secondary N) is 1. The van der Waals surface area contributed by atoms with Gasteiger partial charge in [0.1, 0.15) is 18.0 Å². The van der Waals surface area contributed by atoms with E-state index in [4.69, 9.17) is 0 Å². The monoisotopic (exact) mass is 361 g/mol. The van der Waals surface area contributed by atoms with Crippen molar-refractivity contribution in [3.63, 3.8) is 0 Å². The third-order valence-electron chi connectivity index (χ3n) is 4.83. The van der Waals surface area contributed by atoms with Crippen molar-refractivity contribution in [1.29, 1.82) is 0 Å². The molecule has 0 bridgehead atoms. The Morgan fingerprint density at radius 3 is 2.52 bits per heavy atom. The Hall–Kier alpha value is -3.15. The predicted molar refractivity (Wildman–Crippen MR) is 107 cm³/mol. The van der Waals surface area contributed by atoms with E-state index in [-0.39, 0.29) is 5.56 Å². The molecule has 0 atom stereocenters. The normalized spacial score (nSPS) is 13.7. The number of hydrogen-bond acceptors (Lipinski definition) is 5. The minimum absolute atomic E-state index is 0.0146. The molecule has 0 spiro atoms. The smallest absolute Gasteiger partial charge is 0.250 e. The third kappa shape index (κ3) is 4.34. The molecule has 0 unspecified atom stereocenters. The van der Waals surface area contributed by atoms with Crippen LogP contribution in [-0.4, -0.2) is 27.6 Å². The Balaban J connectivity index is 1.37. The van der Waals surface area contributed by atoms with E-state index in [9.17, 15) is 4.79 Å². The van der Waals surface area contributed by atoms with Crippen LogP contribution in [0.1, 0.15) is 24.0 Å². The number of rotatable bonds is 6. The number of anilines is 2. The zero-order chi connectivity index (χ0) is 18.5. The van der Waals surface area contributed by atoms with Crippen LogP contribution >= 0.6 is 0 Å². The van der Waals surface area contributed by atoms with Crippen LogP contribution in [-0.2, 0) is 13.1 Å². The van der Waals surface area contributed by atoms with E-state index in [0.717, 1.165) is 30.3 Å². The van der Waals surface area contributed by atoms with E-state index >= 15 is 0 Å². The molecule has 4 rings (SSSR count). The van der Waals surface area contributed by atoms with Crippen molar-refractivity contribution in [1.82, 2.24) is 14.5 Å². The van der Waals surface area contributed by atoms with Crippen molar-refractivity contribution in [2.75, 3.05) is 23.3 Å². The van der Waals surface area contributed by atoms with Crippen molar-refractivity contribution >= 4 is 11.6 Å². The number of pyridine rings is 1. The summed E-state index contributed by atoms with van der Waals surface area (Å²) >= 11 is 0. The summed E-state index contributed by atoms with van der Waals surface area (Å²) in [6.45, 7) is 3.42. The van der Waals surface area contributed by atoms with Gasteiger partial charge < -0.3 is 14.8 Å². The summed E-state index contributed by atoms with van der Waals surface area (Å²) in [7, 11) is 0. The largest absolute Gasteiger partial charge is 0.366 e. The fraction of sp³-hybridized carbons (Fsp3) is 0.286. The van der Waals surface area contributed by atoms with Gasteiger partial charge in [0.2, 0.25) is 0 Å².